The Balaban J connectivity index is 5.36. The number of hydrogen-bond acceptors (Lipinski definition) is 7. The van der Waals surface area contributed by atoms with Gasteiger partial charge in [0.1, 0.15) is 0 Å². The summed E-state index contributed by atoms with van der Waals surface area (Å²) >= 11 is 0. The van der Waals surface area contributed by atoms with E-state index in [2.05, 4.69) is 65.8 Å². The molecule has 0 fully saturated rings. The predicted molar refractivity (Wildman–Crippen MR) is 307 cm³/mol. The highest BCUT2D eigenvalue weighted by molar-refractivity contribution is 4.90. The van der Waals surface area contributed by atoms with Crippen molar-refractivity contribution in [3.8, 4) is 0 Å². The summed E-state index contributed by atoms with van der Waals surface area (Å²) in [6, 6.07) is 0. The SMILES string of the molecule is CCCCCCCCCOC(CCCCC=CC(OCCCCCC)OC(C=CCCCCC(OCCCCCCCCC)OCCCCCCCCC)OCCCCCC)OCCCCCCCCC. The molecule has 71 heavy (non-hydrogen) atoms. The van der Waals surface area contributed by atoms with Gasteiger partial charge in [-0.25, -0.2) is 0 Å². The molecule has 7 heteroatoms. The second-order valence-corrected chi connectivity index (χ2v) is 21.0. The van der Waals surface area contributed by atoms with Crippen molar-refractivity contribution in [1.29, 1.82) is 0 Å². The molecule has 0 saturated carbocycles. The number of allylic oxidation sites excluding steroid dienone is 2. The molecule has 7 nitrogen and oxygen atoms in total. The molecule has 2 atom stereocenters. The molecular formula is C64H126O7. The quantitative estimate of drug-likeness (QED) is 0.0342. The third-order valence-corrected chi connectivity index (χ3v) is 13.7. The fourth-order valence-corrected chi connectivity index (χ4v) is 8.96. The van der Waals surface area contributed by atoms with Crippen molar-refractivity contribution in [3.63, 3.8) is 0 Å². The molecule has 0 aromatic carbocycles. The van der Waals surface area contributed by atoms with Crippen LogP contribution < -0.4 is 0 Å². The number of ether oxygens (including phenoxy) is 7. The van der Waals surface area contributed by atoms with E-state index in [4.69, 9.17) is 33.2 Å². The molecule has 0 N–H and O–H groups in total. The Labute approximate surface area is 444 Å². The lowest BCUT2D eigenvalue weighted by Crippen LogP contribution is -2.25. The number of hydrogen-bond donors (Lipinski definition) is 0. The van der Waals surface area contributed by atoms with Crippen LogP contribution in [0.15, 0.2) is 24.3 Å². The Kier molecular flexibility index (Phi) is 61.0. The van der Waals surface area contributed by atoms with Crippen LogP contribution >= 0.6 is 0 Å². The van der Waals surface area contributed by atoms with Crippen LogP contribution in [0.5, 0.6) is 0 Å². The Morgan fingerprint density at radius 2 is 0.465 bits per heavy atom. The summed E-state index contributed by atoms with van der Waals surface area (Å²) in [6.45, 7) is 18.3. The van der Waals surface area contributed by atoms with E-state index in [0.29, 0.717) is 13.2 Å². The highest BCUT2D eigenvalue weighted by atomic mass is 16.8. The molecule has 0 aliphatic heterocycles. The average molecular weight is 1010 g/mol. The maximum atomic E-state index is 6.62. The van der Waals surface area contributed by atoms with Gasteiger partial charge < -0.3 is 33.2 Å². The smallest absolute Gasteiger partial charge is 0.180 e. The summed E-state index contributed by atoms with van der Waals surface area (Å²) < 4.78 is 44.9. The highest BCUT2D eigenvalue weighted by Gasteiger charge is 2.15. The normalized spacial score (nSPS) is 13.1. The largest absolute Gasteiger partial charge is 0.353 e. The maximum Gasteiger partial charge on any atom is 0.180 e. The van der Waals surface area contributed by atoms with Crippen LogP contribution in [0.25, 0.3) is 0 Å². The van der Waals surface area contributed by atoms with Crippen molar-refractivity contribution in [2.75, 3.05) is 39.6 Å². The maximum absolute atomic E-state index is 6.62. The summed E-state index contributed by atoms with van der Waals surface area (Å²) in [7, 11) is 0. The van der Waals surface area contributed by atoms with Gasteiger partial charge in [0.15, 0.2) is 25.2 Å². The number of rotatable bonds is 62. The lowest BCUT2D eigenvalue weighted by molar-refractivity contribution is -0.208. The van der Waals surface area contributed by atoms with Gasteiger partial charge >= 0.3 is 0 Å². The van der Waals surface area contributed by atoms with E-state index in [1.165, 1.54) is 193 Å². The van der Waals surface area contributed by atoms with Crippen LogP contribution in [0.1, 0.15) is 324 Å². The zero-order chi connectivity index (χ0) is 51.4. The average Bonchev–Trinajstić information content (AvgIpc) is 3.38. The van der Waals surface area contributed by atoms with E-state index in [1.54, 1.807) is 0 Å². The minimum absolute atomic E-state index is 0.0914. The second kappa shape index (κ2) is 61.7. The monoisotopic (exact) mass is 1010 g/mol. The number of unbranched alkanes of at least 4 members (excludes halogenated alkanes) is 34. The van der Waals surface area contributed by atoms with Crippen LogP contribution in [0.4, 0.5) is 0 Å². The van der Waals surface area contributed by atoms with Crippen LogP contribution in [0.3, 0.4) is 0 Å². The van der Waals surface area contributed by atoms with Crippen LogP contribution in [-0.4, -0.2) is 64.8 Å². The van der Waals surface area contributed by atoms with Gasteiger partial charge in [-0.3, -0.25) is 0 Å². The van der Waals surface area contributed by atoms with Crippen molar-refractivity contribution in [2.24, 2.45) is 0 Å². The molecule has 0 heterocycles. The third kappa shape index (κ3) is 55.3. The predicted octanol–water partition coefficient (Wildman–Crippen LogP) is 20.8. The Bertz CT molecular complexity index is 903. The van der Waals surface area contributed by atoms with Crippen molar-refractivity contribution in [1.82, 2.24) is 0 Å². The van der Waals surface area contributed by atoms with Gasteiger partial charge in [0.25, 0.3) is 0 Å². The lowest BCUT2D eigenvalue weighted by Gasteiger charge is -2.22. The van der Waals surface area contributed by atoms with Crippen molar-refractivity contribution in [3.05, 3.63) is 24.3 Å². The van der Waals surface area contributed by atoms with Crippen LogP contribution in [0, 0.1) is 0 Å². The summed E-state index contributed by atoms with van der Waals surface area (Å²) in [4.78, 5) is 0. The van der Waals surface area contributed by atoms with Gasteiger partial charge in [0.2, 0.25) is 0 Å². The summed E-state index contributed by atoms with van der Waals surface area (Å²) in [5, 5.41) is 0. The zero-order valence-electron chi connectivity index (χ0n) is 48.8. The summed E-state index contributed by atoms with van der Waals surface area (Å²) in [5.41, 5.74) is 0. The van der Waals surface area contributed by atoms with Gasteiger partial charge in [-0.2, -0.15) is 0 Å². The first-order valence-electron chi connectivity index (χ1n) is 31.8. The van der Waals surface area contributed by atoms with E-state index in [1.807, 2.05) is 0 Å². The molecule has 0 spiro atoms. The molecule has 0 aromatic rings. The van der Waals surface area contributed by atoms with Gasteiger partial charge in [0, 0.05) is 26.4 Å². The molecule has 0 aromatic heterocycles. The van der Waals surface area contributed by atoms with E-state index in [9.17, 15) is 0 Å². The molecule has 0 bridgehead atoms. The topological polar surface area (TPSA) is 64.6 Å². The van der Waals surface area contributed by atoms with E-state index >= 15 is 0 Å². The fourth-order valence-electron chi connectivity index (χ4n) is 8.96. The second-order valence-electron chi connectivity index (χ2n) is 21.0. The zero-order valence-corrected chi connectivity index (χ0v) is 48.8. The Hall–Kier alpha value is -0.800. The molecule has 0 saturated heterocycles. The molecule has 0 rings (SSSR count). The standard InChI is InChI=1S/C64H126O7/c1-7-13-19-25-29-37-47-55-65-61(66-56-48-38-30-26-20-14-8-2)51-41-33-35-43-53-63(69-59-45-23-17-11-5)71-64(70-60-46-24-18-12-6)54-44-36-34-42-52-62(67-57-49-39-31-27-21-15-9-3)68-58-50-40-32-28-22-16-10-4/h43-44,53-54,61-64H,7-42,45-52,55-60H2,1-6H3. The molecule has 0 aliphatic rings. The van der Waals surface area contributed by atoms with Crippen molar-refractivity contribution < 1.29 is 33.2 Å². The van der Waals surface area contributed by atoms with E-state index in [0.717, 1.165) is 116 Å². The summed E-state index contributed by atoms with van der Waals surface area (Å²) in [6.07, 6.45) is 61.7. The molecular weight excluding hydrogens is 881 g/mol. The first-order valence-corrected chi connectivity index (χ1v) is 31.8. The minimum Gasteiger partial charge on any atom is -0.353 e. The van der Waals surface area contributed by atoms with Crippen molar-refractivity contribution in [2.45, 2.75) is 349 Å². The van der Waals surface area contributed by atoms with Gasteiger partial charge in [0.05, 0.1) is 13.2 Å². The first kappa shape index (κ1) is 70.2. The molecule has 0 aliphatic carbocycles. The van der Waals surface area contributed by atoms with E-state index < -0.39 is 12.6 Å². The summed E-state index contributed by atoms with van der Waals surface area (Å²) in [5.74, 6) is 0. The van der Waals surface area contributed by atoms with E-state index in [-0.39, 0.29) is 12.6 Å². The minimum atomic E-state index is -0.437. The fraction of sp³-hybridized carbons (Fsp3) is 0.938. The van der Waals surface area contributed by atoms with Crippen molar-refractivity contribution >= 4 is 0 Å². The Morgan fingerprint density at radius 3 is 0.732 bits per heavy atom. The first-order chi connectivity index (χ1) is 35.1. The van der Waals surface area contributed by atoms with Crippen LogP contribution in [-0.2, 0) is 33.2 Å². The van der Waals surface area contributed by atoms with Gasteiger partial charge in [-0.05, 0) is 102 Å². The Morgan fingerprint density at radius 1 is 0.239 bits per heavy atom. The third-order valence-electron chi connectivity index (χ3n) is 13.7. The molecule has 0 radical (unpaired) electrons. The molecule has 424 valence electrons. The lowest BCUT2D eigenvalue weighted by atomic mass is 10.1. The molecule has 2 unspecified atom stereocenters. The van der Waals surface area contributed by atoms with Gasteiger partial charge in [-0.15, -0.1) is 0 Å². The van der Waals surface area contributed by atoms with Crippen LogP contribution in [0.2, 0.25) is 0 Å². The molecule has 0 amide bonds. The highest BCUT2D eigenvalue weighted by Crippen LogP contribution is 2.18. The van der Waals surface area contributed by atoms with Gasteiger partial charge in [-0.1, -0.05) is 246 Å².